The molecule has 0 amide bonds. The number of halogens is 1. The first-order chi connectivity index (χ1) is 2.43. The average molecular weight is 77.1 g/mol. The maximum atomic E-state index is 10.6. The Morgan fingerprint density at radius 2 is 2.20 bits per heavy atom. The lowest BCUT2D eigenvalue weighted by Crippen LogP contribution is -1.83. The molecule has 0 saturated carbocycles. The van der Waals surface area contributed by atoms with Crippen molar-refractivity contribution < 1.29 is 9.57 Å². The molecular formula is C2H4FNO. The molecule has 0 atom stereocenters. The van der Waals surface area contributed by atoms with E-state index in [0.717, 1.165) is 13.1 Å². The van der Waals surface area contributed by atoms with Gasteiger partial charge in [-0.2, -0.15) is 0 Å². The van der Waals surface area contributed by atoms with Crippen LogP contribution in [-0.4, -0.2) is 18.2 Å². The van der Waals surface area contributed by atoms with Gasteiger partial charge in [-0.25, -0.2) is 0 Å². The van der Waals surface area contributed by atoms with E-state index in [4.69, 9.17) is 0 Å². The van der Waals surface area contributed by atoms with E-state index in [1.165, 1.54) is 5.06 Å². The lowest BCUT2D eigenvalue weighted by atomic mass is 11.0. The molecule has 0 aromatic heterocycles. The second-order valence-electron chi connectivity index (χ2n) is 0.998. The average Bonchev–Trinajstić information content (AvgIpc) is 2.12. The molecule has 5 heavy (non-hydrogen) atoms. The Morgan fingerprint density at radius 3 is 2.20 bits per heavy atom. The van der Waals surface area contributed by atoms with E-state index in [1.54, 1.807) is 0 Å². The molecule has 0 N–H and O–H groups in total. The Morgan fingerprint density at radius 1 is 1.60 bits per heavy atom. The molecule has 30 valence electrons. The highest BCUT2D eigenvalue weighted by atomic mass is 19.3. The Kier molecular flexibility index (Phi) is 0.559. The second kappa shape index (κ2) is 0.914. The van der Waals surface area contributed by atoms with Crippen molar-refractivity contribution in [3.8, 4) is 0 Å². The number of hydroxylamine groups is 2. The summed E-state index contributed by atoms with van der Waals surface area (Å²) in [6.45, 7) is 1.49. The predicted molar refractivity (Wildman–Crippen MR) is 13.8 cm³/mol. The summed E-state index contributed by atoms with van der Waals surface area (Å²) in [5.74, 6) is 0. The van der Waals surface area contributed by atoms with E-state index in [9.17, 15) is 4.53 Å². The van der Waals surface area contributed by atoms with Crippen LogP contribution in [0.2, 0.25) is 0 Å². The van der Waals surface area contributed by atoms with Gasteiger partial charge in [-0.3, -0.25) is 0 Å². The first-order valence-corrected chi connectivity index (χ1v) is 1.47. The molecule has 1 heterocycles. The summed E-state index contributed by atoms with van der Waals surface area (Å²) in [4.78, 5) is 0. The monoisotopic (exact) mass is 77.0 g/mol. The number of nitrogens with zero attached hydrogens (tertiary/aromatic N) is 1. The molecule has 2 nitrogen and oxygen atoms in total. The fraction of sp³-hybridized carbons (Fsp3) is 1.00. The van der Waals surface area contributed by atoms with Crippen LogP contribution in [0.15, 0.2) is 0 Å². The fourth-order valence-corrected chi connectivity index (χ4v) is 0.110. The topological polar surface area (TPSA) is 12.2 Å². The lowest BCUT2D eigenvalue weighted by molar-refractivity contribution is -0.265. The van der Waals surface area contributed by atoms with Gasteiger partial charge in [0.15, 0.2) is 0 Å². The highest BCUT2D eigenvalue weighted by Crippen LogP contribution is 2.01. The molecule has 1 saturated heterocycles. The van der Waals surface area contributed by atoms with Crippen molar-refractivity contribution in [1.82, 2.24) is 5.06 Å². The van der Waals surface area contributed by atoms with E-state index in [2.05, 4.69) is 5.04 Å². The first-order valence-electron chi connectivity index (χ1n) is 1.47. The first kappa shape index (κ1) is 3.06. The molecule has 0 unspecified atom stereocenters. The summed E-state index contributed by atoms with van der Waals surface area (Å²) >= 11 is 0. The van der Waals surface area contributed by atoms with E-state index in [0.29, 0.717) is 0 Å². The molecule has 0 spiro atoms. The molecule has 1 fully saturated rings. The van der Waals surface area contributed by atoms with Crippen LogP contribution in [0.3, 0.4) is 0 Å². The van der Waals surface area contributed by atoms with Crippen molar-refractivity contribution in [3.63, 3.8) is 0 Å². The molecule has 0 aromatic carbocycles. The zero-order valence-corrected chi connectivity index (χ0v) is 2.65. The summed E-state index contributed by atoms with van der Waals surface area (Å²) < 4.78 is 10.6. The van der Waals surface area contributed by atoms with Crippen molar-refractivity contribution >= 4 is 0 Å². The highest BCUT2D eigenvalue weighted by Gasteiger charge is 2.17. The molecule has 1 aliphatic heterocycles. The maximum absolute atomic E-state index is 10.6. The van der Waals surface area contributed by atoms with Crippen LogP contribution >= 0.6 is 0 Å². The molecule has 3 heteroatoms. The van der Waals surface area contributed by atoms with Crippen LogP contribution in [0.5, 0.6) is 0 Å². The molecule has 1 aliphatic rings. The molecular weight excluding hydrogens is 73.0 g/mol. The largest absolute Gasteiger partial charge is 0.149 e. The van der Waals surface area contributed by atoms with Gasteiger partial charge in [0.05, 0.1) is 0 Å². The summed E-state index contributed by atoms with van der Waals surface area (Å²) in [6.07, 6.45) is 0. The van der Waals surface area contributed by atoms with Crippen molar-refractivity contribution in [1.29, 1.82) is 0 Å². The van der Waals surface area contributed by atoms with Gasteiger partial charge in [-0.1, -0.05) is 5.04 Å². The molecule has 0 bridgehead atoms. The zero-order chi connectivity index (χ0) is 3.70. The maximum Gasteiger partial charge on any atom is 0.0426 e. The third-order valence-electron chi connectivity index (χ3n) is 0.504. The number of rotatable bonds is 1. The van der Waals surface area contributed by atoms with E-state index < -0.39 is 0 Å². The Balaban J connectivity index is 2.00. The molecule has 0 aromatic rings. The molecule has 0 radical (unpaired) electrons. The van der Waals surface area contributed by atoms with Crippen LogP contribution in [0.25, 0.3) is 0 Å². The zero-order valence-electron chi connectivity index (χ0n) is 2.65. The quantitative estimate of drug-likeness (QED) is 0.412. The van der Waals surface area contributed by atoms with Gasteiger partial charge >= 0.3 is 0 Å². The molecule has 0 aliphatic carbocycles. The second-order valence-corrected chi connectivity index (χ2v) is 0.998. The van der Waals surface area contributed by atoms with Crippen molar-refractivity contribution in [3.05, 3.63) is 0 Å². The predicted octanol–water partition coefficient (Wildman–Crippen LogP) is 0.118. The van der Waals surface area contributed by atoms with Gasteiger partial charge in [0, 0.05) is 13.1 Å². The van der Waals surface area contributed by atoms with Gasteiger partial charge in [0.2, 0.25) is 0 Å². The third kappa shape index (κ3) is 0.560. The fourth-order valence-electron chi connectivity index (χ4n) is 0.110. The summed E-state index contributed by atoms with van der Waals surface area (Å²) in [6, 6.07) is 0. The third-order valence-corrected chi connectivity index (χ3v) is 0.504. The summed E-state index contributed by atoms with van der Waals surface area (Å²) in [5, 5.41) is 4.40. The Bertz CT molecular complexity index is 36.6. The van der Waals surface area contributed by atoms with Crippen LogP contribution in [-0.2, 0) is 5.04 Å². The standard InChI is InChI=1S/C2H4FNO/c3-5-4-1-2-4/h1-2H2. The number of hydrogen-bond acceptors (Lipinski definition) is 2. The summed E-state index contributed by atoms with van der Waals surface area (Å²) in [7, 11) is 0. The molecule has 1 rings (SSSR count). The van der Waals surface area contributed by atoms with Crippen LogP contribution in [0.1, 0.15) is 0 Å². The summed E-state index contributed by atoms with van der Waals surface area (Å²) in [5.41, 5.74) is 0. The van der Waals surface area contributed by atoms with Gasteiger partial charge < -0.3 is 0 Å². The minimum absolute atomic E-state index is 0.747. The highest BCUT2D eigenvalue weighted by molar-refractivity contribution is 4.58. The van der Waals surface area contributed by atoms with E-state index in [1.807, 2.05) is 0 Å². The normalized spacial score (nSPS) is 23.4. The minimum atomic E-state index is 0.747. The van der Waals surface area contributed by atoms with Crippen LogP contribution in [0, 0.1) is 0 Å². The van der Waals surface area contributed by atoms with Gasteiger partial charge in [0.25, 0.3) is 0 Å². The van der Waals surface area contributed by atoms with Gasteiger partial charge in [0.1, 0.15) is 0 Å². The van der Waals surface area contributed by atoms with Crippen molar-refractivity contribution in [2.45, 2.75) is 0 Å². The minimum Gasteiger partial charge on any atom is -0.149 e. The van der Waals surface area contributed by atoms with E-state index >= 15 is 0 Å². The van der Waals surface area contributed by atoms with E-state index in [-0.39, 0.29) is 0 Å². The van der Waals surface area contributed by atoms with Gasteiger partial charge in [-0.15, -0.1) is 5.06 Å². The Labute approximate surface area is 29.0 Å². The smallest absolute Gasteiger partial charge is 0.0426 e. The van der Waals surface area contributed by atoms with Gasteiger partial charge in [-0.05, 0) is 4.53 Å². The number of hydrogen-bond donors (Lipinski definition) is 0. The van der Waals surface area contributed by atoms with Crippen LogP contribution in [0.4, 0.5) is 4.53 Å². The van der Waals surface area contributed by atoms with Crippen molar-refractivity contribution in [2.75, 3.05) is 13.1 Å². The van der Waals surface area contributed by atoms with Crippen molar-refractivity contribution in [2.24, 2.45) is 0 Å². The SMILES string of the molecule is FON1CC1. The van der Waals surface area contributed by atoms with Crippen LogP contribution < -0.4 is 0 Å². The lowest BCUT2D eigenvalue weighted by Gasteiger charge is -1.77. The Hall–Kier alpha value is -0.150.